The van der Waals surface area contributed by atoms with Gasteiger partial charge in [-0.1, -0.05) is 30.3 Å². The summed E-state index contributed by atoms with van der Waals surface area (Å²) in [7, 11) is 0. The van der Waals surface area contributed by atoms with E-state index >= 15 is 0 Å². The van der Waals surface area contributed by atoms with E-state index in [4.69, 9.17) is 9.47 Å². The smallest absolute Gasteiger partial charge is 0.306 e. The van der Waals surface area contributed by atoms with Crippen LogP contribution in [0.25, 0.3) is 0 Å². The Morgan fingerprint density at radius 3 is 2.38 bits per heavy atom. The molecule has 0 amide bonds. The molecule has 3 N–H and O–H groups in total. The Hall–Kier alpha value is -2.07. The Bertz CT molecular complexity index is 610. The van der Waals surface area contributed by atoms with Crippen molar-refractivity contribution in [1.29, 1.82) is 0 Å². The van der Waals surface area contributed by atoms with Crippen molar-refractivity contribution in [2.45, 2.75) is 50.4 Å². The second-order valence-electron chi connectivity index (χ2n) is 6.18. The van der Waals surface area contributed by atoms with E-state index in [1.54, 1.807) is 31.2 Å². The number of benzene rings is 1. The van der Waals surface area contributed by atoms with E-state index in [1.165, 1.54) is 0 Å². The summed E-state index contributed by atoms with van der Waals surface area (Å²) in [4.78, 5) is 22.3. The monoisotopic (exact) mass is 369 g/mol. The number of carbonyl (C=O) groups is 1. The van der Waals surface area contributed by atoms with E-state index in [0.717, 1.165) is 5.56 Å². The van der Waals surface area contributed by atoms with Gasteiger partial charge in [-0.3, -0.25) is 14.9 Å². The minimum atomic E-state index is -1.78. The molecule has 9 heteroatoms. The van der Waals surface area contributed by atoms with Crippen LogP contribution in [-0.2, 0) is 20.9 Å². The van der Waals surface area contributed by atoms with Gasteiger partial charge in [-0.05, 0) is 12.5 Å². The molecule has 1 fully saturated rings. The normalized spacial score (nSPS) is 31.4. The SMILES string of the molecule is CCOC(=O)C[C@H]1[C@@H](O)[C@H](OCc2ccccc2)[C@@H](O)[C@@H](O)[C@@H]1[N+](=O)[O-]. The van der Waals surface area contributed by atoms with E-state index in [-0.39, 0.29) is 13.2 Å². The zero-order chi connectivity index (χ0) is 19.3. The van der Waals surface area contributed by atoms with Gasteiger partial charge < -0.3 is 24.8 Å². The first-order chi connectivity index (χ1) is 12.4. The summed E-state index contributed by atoms with van der Waals surface area (Å²) in [6, 6.07) is 7.22. The quantitative estimate of drug-likeness (QED) is 0.343. The third-order valence-corrected chi connectivity index (χ3v) is 4.49. The van der Waals surface area contributed by atoms with E-state index in [2.05, 4.69) is 0 Å². The zero-order valence-corrected chi connectivity index (χ0v) is 14.3. The molecular formula is C17H23NO8. The molecule has 1 aromatic carbocycles. The van der Waals surface area contributed by atoms with Crippen LogP contribution >= 0.6 is 0 Å². The number of aliphatic hydroxyl groups is 3. The van der Waals surface area contributed by atoms with Crippen molar-refractivity contribution < 1.29 is 34.5 Å². The Morgan fingerprint density at radius 2 is 1.81 bits per heavy atom. The molecule has 0 aliphatic heterocycles. The Kier molecular flexibility index (Phi) is 7.04. The molecule has 0 bridgehead atoms. The summed E-state index contributed by atoms with van der Waals surface area (Å²) < 4.78 is 10.3. The predicted molar refractivity (Wildman–Crippen MR) is 88.6 cm³/mol. The summed E-state index contributed by atoms with van der Waals surface area (Å²) in [5.74, 6) is -1.97. The number of rotatable bonds is 7. The van der Waals surface area contributed by atoms with Crippen molar-refractivity contribution in [2.75, 3.05) is 6.61 Å². The van der Waals surface area contributed by atoms with Crippen LogP contribution in [0.1, 0.15) is 18.9 Å². The molecule has 26 heavy (non-hydrogen) atoms. The third kappa shape index (κ3) is 4.55. The van der Waals surface area contributed by atoms with Gasteiger partial charge in [0.15, 0.2) is 0 Å². The second kappa shape index (κ2) is 9.04. The lowest BCUT2D eigenvalue weighted by Crippen LogP contribution is -2.64. The summed E-state index contributed by atoms with van der Waals surface area (Å²) in [6.07, 6.45) is -6.70. The van der Waals surface area contributed by atoms with Crippen molar-refractivity contribution in [2.24, 2.45) is 5.92 Å². The fourth-order valence-corrected chi connectivity index (χ4v) is 3.20. The van der Waals surface area contributed by atoms with Crippen LogP contribution in [0.3, 0.4) is 0 Å². The number of nitro groups is 1. The van der Waals surface area contributed by atoms with Crippen LogP contribution < -0.4 is 0 Å². The Morgan fingerprint density at radius 1 is 1.15 bits per heavy atom. The molecule has 0 radical (unpaired) electrons. The molecule has 0 saturated heterocycles. The molecule has 6 atom stereocenters. The number of hydrogen-bond donors (Lipinski definition) is 3. The molecule has 144 valence electrons. The van der Waals surface area contributed by atoms with Gasteiger partial charge in [-0.2, -0.15) is 0 Å². The number of carbonyl (C=O) groups excluding carboxylic acids is 1. The Balaban J connectivity index is 2.17. The van der Waals surface area contributed by atoms with Gasteiger partial charge in [-0.25, -0.2) is 0 Å². The summed E-state index contributed by atoms with van der Waals surface area (Å²) >= 11 is 0. The van der Waals surface area contributed by atoms with Gasteiger partial charge in [0.25, 0.3) is 0 Å². The lowest BCUT2D eigenvalue weighted by atomic mass is 9.75. The highest BCUT2D eigenvalue weighted by molar-refractivity contribution is 5.69. The average Bonchev–Trinajstić information content (AvgIpc) is 2.60. The summed E-state index contributed by atoms with van der Waals surface area (Å²) in [6.45, 7) is 1.70. The van der Waals surface area contributed by atoms with Crippen LogP contribution in [0.5, 0.6) is 0 Å². The minimum absolute atomic E-state index is 0.0294. The molecule has 0 heterocycles. The maximum absolute atomic E-state index is 11.8. The van der Waals surface area contributed by atoms with Crippen LogP contribution in [0.2, 0.25) is 0 Å². The molecule has 2 rings (SSSR count). The number of nitrogens with zero attached hydrogens (tertiary/aromatic N) is 1. The molecule has 0 unspecified atom stereocenters. The highest BCUT2D eigenvalue weighted by Gasteiger charge is 2.56. The molecule has 0 aromatic heterocycles. The standard InChI is InChI=1S/C17H23NO8/c1-2-25-12(19)8-11-13(18(23)24)15(21)16(22)17(14(11)20)26-9-10-6-4-3-5-7-10/h3-7,11,13-17,20-22H,2,8-9H2,1H3/t11-,13-,14-,15+,16+,17+/m1/s1. The van der Waals surface area contributed by atoms with Gasteiger partial charge in [0.05, 0.1) is 31.7 Å². The first-order valence-electron chi connectivity index (χ1n) is 8.35. The van der Waals surface area contributed by atoms with E-state index in [0.29, 0.717) is 0 Å². The Labute approximate surface area is 150 Å². The fraction of sp³-hybridized carbons (Fsp3) is 0.588. The predicted octanol–water partition coefficient (Wildman–Crippen LogP) is -0.117. The largest absolute Gasteiger partial charge is 0.466 e. The van der Waals surface area contributed by atoms with Crippen molar-refractivity contribution in [3.05, 3.63) is 46.0 Å². The molecule has 0 spiro atoms. The van der Waals surface area contributed by atoms with Crippen molar-refractivity contribution >= 4 is 5.97 Å². The lowest BCUT2D eigenvalue weighted by molar-refractivity contribution is -0.556. The highest BCUT2D eigenvalue weighted by Crippen LogP contribution is 2.33. The first kappa shape index (κ1) is 20.2. The maximum Gasteiger partial charge on any atom is 0.306 e. The molecule has 1 saturated carbocycles. The van der Waals surface area contributed by atoms with E-state index in [1.807, 2.05) is 6.07 Å². The summed E-state index contributed by atoms with van der Waals surface area (Å²) in [5.41, 5.74) is 0.764. The minimum Gasteiger partial charge on any atom is -0.466 e. The number of esters is 1. The number of aliphatic hydroxyl groups excluding tert-OH is 3. The molecule has 1 aromatic rings. The van der Waals surface area contributed by atoms with Crippen molar-refractivity contribution in [3.8, 4) is 0 Å². The summed E-state index contributed by atoms with van der Waals surface area (Å²) in [5, 5.41) is 42.2. The molecular weight excluding hydrogens is 346 g/mol. The van der Waals surface area contributed by atoms with E-state index in [9.17, 15) is 30.2 Å². The fourth-order valence-electron chi connectivity index (χ4n) is 3.20. The molecule has 1 aliphatic carbocycles. The third-order valence-electron chi connectivity index (χ3n) is 4.49. The van der Waals surface area contributed by atoms with Gasteiger partial charge in [0.1, 0.15) is 18.3 Å². The van der Waals surface area contributed by atoms with Crippen molar-refractivity contribution in [3.63, 3.8) is 0 Å². The highest BCUT2D eigenvalue weighted by atomic mass is 16.6. The molecule has 1 aliphatic rings. The van der Waals surface area contributed by atoms with Gasteiger partial charge in [0, 0.05) is 4.92 Å². The maximum atomic E-state index is 11.8. The number of hydrogen-bond acceptors (Lipinski definition) is 8. The van der Waals surface area contributed by atoms with Crippen LogP contribution in [0, 0.1) is 16.0 Å². The van der Waals surface area contributed by atoms with Crippen LogP contribution in [0.4, 0.5) is 0 Å². The lowest BCUT2D eigenvalue weighted by Gasteiger charge is -2.41. The topological polar surface area (TPSA) is 139 Å². The van der Waals surface area contributed by atoms with E-state index < -0.39 is 53.7 Å². The average molecular weight is 369 g/mol. The zero-order valence-electron chi connectivity index (χ0n) is 14.3. The van der Waals surface area contributed by atoms with Gasteiger partial charge in [0.2, 0.25) is 6.04 Å². The number of ether oxygens (including phenoxy) is 2. The van der Waals surface area contributed by atoms with Crippen LogP contribution in [-0.4, -0.2) is 63.3 Å². The van der Waals surface area contributed by atoms with Gasteiger partial charge >= 0.3 is 5.97 Å². The van der Waals surface area contributed by atoms with Crippen LogP contribution in [0.15, 0.2) is 30.3 Å². The van der Waals surface area contributed by atoms with Gasteiger partial charge in [-0.15, -0.1) is 0 Å². The molecule has 9 nitrogen and oxygen atoms in total. The second-order valence-corrected chi connectivity index (χ2v) is 6.18. The van der Waals surface area contributed by atoms with Crippen molar-refractivity contribution in [1.82, 2.24) is 0 Å². The first-order valence-corrected chi connectivity index (χ1v) is 8.35.